The van der Waals surface area contributed by atoms with Crippen LogP contribution in [0.3, 0.4) is 0 Å². The number of hydrogen-bond acceptors (Lipinski definition) is 4. The molecule has 1 heterocycles. The Labute approximate surface area is 232 Å². The second-order valence-electron chi connectivity index (χ2n) is 10.8. The lowest BCUT2D eigenvalue weighted by Crippen LogP contribution is -2.44. The van der Waals surface area contributed by atoms with Crippen LogP contribution in [0.5, 0.6) is 5.75 Å². The molecule has 0 aliphatic carbocycles. The zero-order valence-electron chi connectivity index (χ0n) is 23.0. The maximum Gasteiger partial charge on any atom is 0.416 e. The van der Waals surface area contributed by atoms with Crippen molar-refractivity contribution in [1.29, 1.82) is 0 Å². The molecule has 9 heteroatoms. The molecule has 0 aromatic heterocycles. The normalized spacial score (nSPS) is 14.5. The first-order valence-electron chi connectivity index (χ1n) is 13.1. The number of ether oxygens (including phenoxy) is 2. The third kappa shape index (κ3) is 7.34. The molecule has 6 nitrogen and oxygen atoms in total. The fourth-order valence-electron chi connectivity index (χ4n) is 4.59. The molecule has 0 unspecified atom stereocenters. The molecule has 3 aromatic carbocycles. The number of anilines is 1. The summed E-state index contributed by atoms with van der Waals surface area (Å²) < 4.78 is 50.7. The van der Waals surface area contributed by atoms with Gasteiger partial charge in [-0.25, -0.2) is 4.79 Å². The molecule has 2 amide bonds. The Bertz CT molecular complexity index is 1360. The number of alkyl halides is 3. The standard InChI is InChI=1S/C31H33F3N2O4/c1-20-7-5-10-26(27(20)21-11-13-22(14-12-21)31(32,33)34)28(37)35-23-8-6-9-25(19-23)39-24-15-17-36(18-16-24)29(38)40-30(2,3)4/h5-14,19,24H,15-18H2,1-4H3,(H,35,37). The van der Waals surface area contributed by atoms with Gasteiger partial charge >= 0.3 is 12.3 Å². The van der Waals surface area contributed by atoms with E-state index in [9.17, 15) is 22.8 Å². The van der Waals surface area contributed by atoms with E-state index >= 15 is 0 Å². The van der Waals surface area contributed by atoms with Gasteiger partial charge in [0.15, 0.2) is 0 Å². The highest BCUT2D eigenvalue weighted by Crippen LogP contribution is 2.33. The quantitative estimate of drug-likeness (QED) is 0.351. The fraction of sp³-hybridized carbons (Fsp3) is 0.355. The lowest BCUT2D eigenvalue weighted by molar-refractivity contribution is -0.137. The van der Waals surface area contributed by atoms with E-state index in [0.717, 1.165) is 17.7 Å². The average Bonchev–Trinajstić information content (AvgIpc) is 2.88. The van der Waals surface area contributed by atoms with Crippen LogP contribution in [0.25, 0.3) is 11.1 Å². The lowest BCUT2D eigenvalue weighted by Gasteiger charge is -2.33. The number of likely N-dealkylation sites (tertiary alicyclic amines) is 1. The Balaban J connectivity index is 1.43. The summed E-state index contributed by atoms with van der Waals surface area (Å²) >= 11 is 0. The van der Waals surface area contributed by atoms with Crippen LogP contribution in [-0.2, 0) is 10.9 Å². The Morgan fingerprint density at radius 3 is 2.20 bits per heavy atom. The molecular formula is C31H33F3N2O4. The Kier molecular flexibility index (Phi) is 8.42. The average molecular weight is 555 g/mol. The molecule has 1 aliphatic heterocycles. The number of piperidine rings is 1. The number of nitrogens with zero attached hydrogens (tertiary/aromatic N) is 1. The SMILES string of the molecule is Cc1cccc(C(=O)Nc2cccc(OC3CCN(C(=O)OC(C)(C)C)CC3)c2)c1-c1ccc(C(F)(F)F)cc1. The second kappa shape index (κ2) is 11.6. The van der Waals surface area contributed by atoms with Gasteiger partial charge in [-0.2, -0.15) is 13.2 Å². The number of aryl methyl sites for hydroxylation is 1. The van der Waals surface area contributed by atoms with Crippen molar-refractivity contribution in [2.45, 2.75) is 58.4 Å². The molecule has 1 saturated heterocycles. The smallest absolute Gasteiger partial charge is 0.416 e. The van der Waals surface area contributed by atoms with Crippen molar-refractivity contribution >= 4 is 17.7 Å². The minimum absolute atomic E-state index is 0.0901. The predicted molar refractivity (Wildman–Crippen MR) is 147 cm³/mol. The van der Waals surface area contributed by atoms with Gasteiger partial charge in [0.1, 0.15) is 17.5 Å². The Morgan fingerprint density at radius 2 is 1.57 bits per heavy atom. The van der Waals surface area contributed by atoms with Crippen LogP contribution >= 0.6 is 0 Å². The highest BCUT2D eigenvalue weighted by molar-refractivity contribution is 6.09. The van der Waals surface area contributed by atoms with Crippen molar-refractivity contribution in [1.82, 2.24) is 4.90 Å². The molecule has 0 spiro atoms. The predicted octanol–water partition coefficient (Wildman–Crippen LogP) is 7.71. The molecule has 1 fully saturated rings. The number of halogens is 3. The van der Waals surface area contributed by atoms with E-state index in [-0.39, 0.29) is 18.1 Å². The summed E-state index contributed by atoms with van der Waals surface area (Å²) in [5.74, 6) is 0.196. The fourth-order valence-corrected chi connectivity index (χ4v) is 4.59. The number of rotatable bonds is 5. The number of carbonyl (C=O) groups is 2. The number of carbonyl (C=O) groups excluding carboxylic acids is 2. The van der Waals surface area contributed by atoms with E-state index in [2.05, 4.69) is 5.32 Å². The summed E-state index contributed by atoms with van der Waals surface area (Å²) in [6.45, 7) is 8.36. The minimum atomic E-state index is -4.44. The molecule has 0 saturated carbocycles. The lowest BCUT2D eigenvalue weighted by atomic mass is 9.94. The van der Waals surface area contributed by atoms with Gasteiger partial charge in [-0.3, -0.25) is 4.79 Å². The van der Waals surface area contributed by atoms with Crippen molar-refractivity contribution in [3.8, 4) is 16.9 Å². The number of benzene rings is 3. The largest absolute Gasteiger partial charge is 0.490 e. The first-order valence-corrected chi connectivity index (χ1v) is 13.1. The van der Waals surface area contributed by atoms with Gasteiger partial charge in [0.25, 0.3) is 5.91 Å². The van der Waals surface area contributed by atoms with Gasteiger partial charge in [-0.1, -0.05) is 30.3 Å². The van der Waals surface area contributed by atoms with Gasteiger partial charge < -0.3 is 19.7 Å². The summed E-state index contributed by atoms with van der Waals surface area (Å²) in [6, 6.07) is 17.0. The van der Waals surface area contributed by atoms with Crippen LogP contribution in [0.4, 0.5) is 23.7 Å². The van der Waals surface area contributed by atoms with Crippen LogP contribution in [-0.4, -0.2) is 41.7 Å². The summed E-state index contributed by atoms with van der Waals surface area (Å²) in [5, 5.41) is 2.88. The van der Waals surface area contributed by atoms with Crippen LogP contribution in [0, 0.1) is 6.92 Å². The zero-order valence-corrected chi connectivity index (χ0v) is 23.0. The second-order valence-corrected chi connectivity index (χ2v) is 10.8. The number of amides is 2. The third-order valence-electron chi connectivity index (χ3n) is 6.51. The van der Waals surface area contributed by atoms with E-state index in [1.165, 1.54) is 12.1 Å². The van der Waals surface area contributed by atoms with E-state index in [1.807, 2.05) is 33.8 Å². The first kappa shape index (κ1) is 29.0. The van der Waals surface area contributed by atoms with E-state index in [4.69, 9.17) is 9.47 Å². The van der Waals surface area contributed by atoms with Crippen LogP contribution in [0.1, 0.15) is 55.1 Å². The summed E-state index contributed by atoms with van der Waals surface area (Å²) in [5.41, 5.74) is 1.43. The van der Waals surface area contributed by atoms with Crippen molar-refractivity contribution in [2.75, 3.05) is 18.4 Å². The van der Waals surface area contributed by atoms with Crippen molar-refractivity contribution in [3.63, 3.8) is 0 Å². The number of hydrogen-bond donors (Lipinski definition) is 1. The monoisotopic (exact) mass is 554 g/mol. The molecule has 3 aromatic rings. The molecule has 1 N–H and O–H groups in total. The van der Waals surface area contributed by atoms with Gasteiger partial charge in [-0.15, -0.1) is 0 Å². The molecule has 40 heavy (non-hydrogen) atoms. The number of nitrogens with one attached hydrogen (secondary N) is 1. The maximum absolute atomic E-state index is 13.3. The minimum Gasteiger partial charge on any atom is -0.490 e. The van der Waals surface area contributed by atoms with Crippen LogP contribution in [0.2, 0.25) is 0 Å². The summed E-state index contributed by atoms with van der Waals surface area (Å²) in [6.07, 6.45) is -3.56. The molecular weight excluding hydrogens is 521 g/mol. The summed E-state index contributed by atoms with van der Waals surface area (Å²) in [7, 11) is 0. The summed E-state index contributed by atoms with van der Waals surface area (Å²) in [4.78, 5) is 27.3. The van der Waals surface area contributed by atoms with E-state index in [1.54, 1.807) is 41.3 Å². The topological polar surface area (TPSA) is 67.9 Å². The van der Waals surface area contributed by atoms with Crippen molar-refractivity contribution in [3.05, 3.63) is 83.4 Å². The van der Waals surface area contributed by atoms with Crippen molar-refractivity contribution in [2.24, 2.45) is 0 Å². The maximum atomic E-state index is 13.3. The third-order valence-corrected chi connectivity index (χ3v) is 6.51. The van der Waals surface area contributed by atoms with Gasteiger partial charge in [0.2, 0.25) is 0 Å². The first-order chi connectivity index (χ1) is 18.8. The molecule has 0 radical (unpaired) electrons. The molecule has 0 bridgehead atoms. The zero-order chi connectivity index (χ0) is 29.1. The van der Waals surface area contributed by atoms with E-state index in [0.29, 0.717) is 54.1 Å². The Morgan fingerprint density at radius 1 is 0.925 bits per heavy atom. The van der Waals surface area contributed by atoms with Gasteiger partial charge in [-0.05, 0) is 74.7 Å². The van der Waals surface area contributed by atoms with Crippen LogP contribution < -0.4 is 10.1 Å². The highest BCUT2D eigenvalue weighted by atomic mass is 19.4. The van der Waals surface area contributed by atoms with Gasteiger partial charge in [0.05, 0.1) is 5.56 Å². The molecule has 0 atom stereocenters. The Hall–Kier alpha value is -4.01. The van der Waals surface area contributed by atoms with E-state index < -0.39 is 17.3 Å². The highest BCUT2D eigenvalue weighted by Gasteiger charge is 2.30. The molecule has 1 aliphatic rings. The molecule has 4 rings (SSSR count). The molecule has 212 valence electrons. The van der Waals surface area contributed by atoms with Crippen LogP contribution in [0.15, 0.2) is 66.7 Å². The van der Waals surface area contributed by atoms with Gasteiger partial charge in [0, 0.05) is 43.2 Å². The van der Waals surface area contributed by atoms with Crippen molar-refractivity contribution < 1.29 is 32.2 Å².